The summed E-state index contributed by atoms with van der Waals surface area (Å²) in [5, 5.41) is 7.90. The highest BCUT2D eigenvalue weighted by Crippen LogP contribution is 1.99. The van der Waals surface area contributed by atoms with Crippen LogP contribution in [-0.2, 0) is 42.9 Å². The molecule has 222 valence electrons. The summed E-state index contributed by atoms with van der Waals surface area (Å²) in [7, 11) is 1.51. The van der Waals surface area contributed by atoms with Crippen LogP contribution in [0, 0.1) is 0 Å². The summed E-state index contributed by atoms with van der Waals surface area (Å²) in [6.45, 7) is 4.21. The molecule has 0 saturated carbocycles. The molecule has 15 heteroatoms. The highest BCUT2D eigenvalue weighted by atomic mass is 16.5. The summed E-state index contributed by atoms with van der Waals surface area (Å²) >= 11 is 0. The molecule has 0 aliphatic carbocycles. The van der Waals surface area contributed by atoms with E-state index in [-0.39, 0.29) is 58.1 Å². The molecule has 0 fully saturated rings. The van der Waals surface area contributed by atoms with Crippen LogP contribution in [0.15, 0.2) is 0 Å². The van der Waals surface area contributed by atoms with Crippen LogP contribution in [-0.4, -0.2) is 141 Å². The van der Waals surface area contributed by atoms with E-state index in [0.29, 0.717) is 65.9 Å². The SMILES string of the molecule is COCCNC(=O)CCC(=O)N(CC(=O)NCCOCCOCCN)CC(=O)NCCOCCOCCN. The Balaban J connectivity index is 4.52. The standard InChI is InChI=1S/C23H46N6O9/c1-34-11-6-26-20(30)2-3-23(33)29(18-21(31)27-7-12-37-16-14-35-9-4-24)19-22(32)28-8-13-38-17-15-36-10-5-25/h2-19,24-25H2,1H3,(H,26,30)(H,27,31)(H,28,32). The minimum absolute atomic E-state index is 0.0809. The first kappa shape index (κ1) is 35.6. The molecule has 4 amide bonds. The van der Waals surface area contributed by atoms with E-state index in [2.05, 4.69) is 16.0 Å². The number of hydrogen-bond donors (Lipinski definition) is 5. The average molecular weight is 551 g/mol. The molecule has 0 saturated heterocycles. The predicted octanol–water partition coefficient (Wildman–Crippen LogP) is -3.43. The van der Waals surface area contributed by atoms with Gasteiger partial charge in [-0.2, -0.15) is 0 Å². The molecule has 0 aromatic rings. The first-order valence-corrected chi connectivity index (χ1v) is 12.7. The normalized spacial score (nSPS) is 10.7. The van der Waals surface area contributed by atoms with Crippen molar-refractivity contribution in [2.45, 2.75) is 12.8 Å². The largest absolute Gasteiger partial charge is 0.383 e. The Labute approximate surface area is 224 Å². The third-order valence-corrected chi connectivity index (χ3v) is 4.62. The monoisotopic (exact) mass is 550 g/mol. The number of methoxy groups -OCH3 is 1. The summed E-state index contributed by atoms with van der Waals surface area (Å²) in [4.78, 5) is 50.5. The lowest BCUT2D eigenvalue weighted by atomic mass is 10.2. The average Bonchev–Trinajstić information content (AvgIpc) is 2.90. The number of hydrogen-bond acceptors (Lipinski definition) is 11. The smallest absolute Gasteiger partial charge is 0.239 e. The van der Waals surface area contributed by atoms with Gasteiger partial charge in [0.05, 0.1) is 59.5 Å². The van der Waals surface area contributed by atoms with Crippen molar-refractivity contribution in [3.63, 3.8) is 0 Å². The molecule has 7 N–H and O–H groups in total. The van der Waals surface area contributed by atoms with E-state index in [9.17, 15) is 19.2 Å². The van der Waals surface area contributed by atoms with Crippen LogP contribution in [0.25, 0.3) is 0 Å². The first-order chi connectivity index (χ1) is 18.4. The van der Waals surface area contributed by atoms with Crippen LogP contribution in [0.5, 0.6) is 0 Å². The summed E-state index contributed by atoms with van der Waals surface area (Å²) in [5.74, 6) is -1.75. The lowest BCUT2D eigenvalue weighted by molar-refractivity contribution is -0.140. The van der Waals surface area contributed by atoms with Gasteiger partial charge in [-0.25, -0.2) is 0 Å². The fourth-order valence-corrected chi connectivity index (χ4v) is 2.79. The number of rotatable bonds is 26. The maximum atomic E-state index is 12.7. The molecule has 0 radical (unpaired) electrons. The molecular formula is C23H46N6O9. The van der Waals surface area contributed by atoms with Gasteiger partial charge in [-0.15, -0.1) is 0 Å². The van der Waals surface area contributed by atoms with Crippen molar-refractivity contribution in [3.05, 3.63) is 0 Å². The first-order valence-electron chi connectivity index (χ1n) is 12.7. The van der Waals surface area contributed by atoms with E-state index in [1.54, 1.807) is 0 Å². The zero-order valence-corrected chi connectivity index (χ0v) is 22.5. The van der Waals surface area contributed by atoms with Crippen molar-refractivity contribution in [2.24, 2.45) is 11.5 Å². The van der Waals surface area contributed by atoms with E-state index in [4.69, 9.17) is 35.2 Å². The number of nitrogens with one attached hydrogen (secondary N) is 3. The van der Waals surface area contributed by atoms with E-state index in [1.807, 2.05) is 0 Å². The minimum atomic E-state index is -0.501. The van der Waals surface area contributed by atoms with Crippen LogP contribution in [0.2, 0.25) is 0 Å². The van der Waals surface area contributed by atoms with Crippen molar-refractivity contribution in [3.8, 4) is 0 Å². The van der Waals surface area contributed by atoms with Crippen LogP contribution >= 0.6 is 0 Å². The maximum Gasteiger partial charge on any atom is 0.239 e. The summed E-state index contributed by atoms with van der Waals surface area (Å²) < 4.78 is 25.9. The molecule has 0 unspecified atom stereocenters. The molecule has 0 aromatic carbocycles. The Morgan fingerprint density at radius 2 is 1.00 bits per heavy atom. The zero-order valence-electron chi connectivity index (χ0n) is 22.5. The Morgan fingerprint density at radius 3 is 1.45 bits per heavy atom. The van der Waals surface area contributed by atoms with E-state index in [0.717, 1.165) is 4.90 Å². The van der Waals surface area contributed by atoms with Crippen molar-refractivity contribution in [1.82, 2.24) is 20.9 Å². The molecule has 0 aliphatic rings. The molecule has 0 heterocycles. The Morgan fingerprint density at radius 1 is 0.579 bits per heavy atom. The number of nitrogens with two attached hydrogens (primary N) is 2. The molecule has 38 heavy (non-hydrogen) atoms. The molecule has 0 spiro atoms. The summed E-state index contributed by atoms with van der Waals surface area (Å²) in [6.07, 6.45) is -0.236. The number of nitrogens with zero attached hydrogens (tertiary/aromatic N) is 1. The lowest BCUT2D eigenvalue weighted by Gasteiger charge is -2.22. The van der Waals surface area contributed by atoms with Crippen molar-refractivity contribution >= 4 is 23.6 Å². The highest BCUT2D eigenvalue weighted by molar-refractivity contribution is 5.90. The van der Waals surface area contributed by atoms with Gasteiger partial charge in [-0.3, -0.25) is 19.2 Å². The summed E-state index contributed by atoms with van der Waals surface area (Å²) in [5.41, 5.74) is 10.6. The third-order valence-electron chi connectivity index (χ3n) is 4.62. The topological polar surface area (TPSA) is 206 Å². The van der Waals surface area contributed by atoms with Crippen molar-refractivity contribution in [2.75, 3.05) is 112 Å². The molecule has 0 atom stereocenters. The molecule has 0 rings (SSSR count). The quantitative estimate of drug-likeness (QED) is 0.0670. The second-order valence-electron chi connectivity index (χ2n) is 7.82. The lowest BCUT2D eigenvalue weighted by Crippen LogP contribution is -2.46. The number of ether oxygens (including phenoxy) is 5. The van der Waals surface area contributed by atoms with Gasteiger partial charge in [0.1, 0.15) is 13.1 Å². The fraction of sp³-hybridized carbons (Fsp3) is 0.826. The van der Waals surface area contributed by atoms with Gasteiger partial charge in [-0.05, 0) is 0 Å². The molecule has 0 aliphatic heterocycles. The van der Waals surface area contributed by atoms with Crippen molar-refractivity contribution < 1.29 is 42.9 Å². The van der Waals surface area contributed by atoms with Crippen molar-refractivity contribution in [1.29, 1.82) is 0 Å². The zero-order chi connectivity index (χ0) is 28.3. The Bertz CT molecular complexity index is 608. The van der Waals surface area contributed by atoms with Crippen LogP contribution in [0.4, 0.5) is 0 Å². The van der Waals surface area contributed by atoms with E-state index in [1.165, 1.54) is 7.11 Å². The van der Waals surface area contributed by atoms with Gasteiger partial charge in [0, 0.05) is 52.7 Å². The second-order valence-corrected chi connectivity index (χ2v) is 7.82. The van der Waals surface area contributed by atoms with E-state index < -0.39 is 17.7 Å². The van der Waals surface area contributed by atoms with Gasteiger partial charge >= 0.3 is 0 Å². The van der Waals surface area contributed by atoms with E-state index >= 15 is 0 Å². The highest BCUT2D eigenvalue weighted by Gasteiger charge is 2.21. The van der Waals surface area contributed by atoms with Gasteiger partial charge in [0.2, 0.25) is 23.6 Å². The number of carbonyl (C=O) groups excluding carboxylic acids is 4. The Hall–Kier alpha value is -2.40. The summed E-state index contributed by atoms with van der Waals surface area (Å²) in [6, 6.07) is 0. The van der Waals surface area contributed by atoms with Gasteiger partial charge < -0.3 is 56.0 Å². The molecule has 0 bridgehead atoms. The third kappa shape index (κ3) is 22.8. The number of carbonyl (C=O) groups is 4. The van der Waals surface area contributed by atoms with Gasteiger partial charge in [0.15, 0.2) is 0 Å². The van der Waals surface area contributed by atoms with Crippen LogP contribution < -0.4 is 27.4 Å². The molecular weight excluding hydrogens is 504 g/mol. The second kappa shape index (κ2) is 26.2. The van der Waals surface area contributed by atoms with Gasteiger partial charge in [-0.1, -0.05) is 0 Å². The van der Waals surface area contributed by atoms with Gasteiger partial charge in [0.25, 0.3) is 0 Å². The molecule has 0 aromatic heterocycles. The van der Waals surface area contributed by atoms with Crippen LogP contribution in [0.1, 0.15) is 12.8 Å². The minimum Gasteiger partial charge on any atom is -0.383 e. The fourth-order valence-electron chi connectivity index (χ4n) is 2.79. The maximum absolute atomic E-state index is 12.7. The predicted molar refractivity (Wildman–Crippen MR) is 138 cm³/mol. The van der Waals surface area contributed by atoms with Crippen LogP contribution in [0.3, 0.4) is 0 Å². The molecule has 15 nitrogen and oxygen atoms in total. The Kier molecular flexibility index (Phi) is 24.6. The number of amides is 4.